The van der Waals surface area contributed by atoms with Crippen molar-refractivity contribution in [2.75, 3.05) is 21.3 Å². The summed E-state index contributed by atoms with van der Waals surface area (Å²) in [6.45, 7) is 20.4. The van der Waals surface area contributed by atoms with Crippen LogP contribution in [0.3, 0.4) is 0 Å². The van der Waals surface area contributed by atoms with Gasteiger partial charge in [0.1, 0.15) is 5.75 Å². The Morgan fingerprint density at radius 3 is 1.46 bits per heavy atom. The van der Waals surface area contributed by atoms with Crippen LogP contribution in [-0.4, -0.2) is 21.3 Å². The zero-order valence-electron chi connectivity index (χ0n) is 34.3. The first kappa shape index (κ1) is 42.1. The van der Waals surface area contributed by atoms with Crippen LogP contribution in [0.4, 0.5) is 0 Å². The van der Waals surface area contributed by atoms with Crippen molar-refractivity contribution in [2.45, 2.75) is 164 Å². The molecule has 0 heterocycles. The van der Waals surface area contributed by atoms with E-state index in [1.165, 1.54) is 107 Å². The van der Waals surface area contributed by atoms with Crippen molar-refractivity contribution >= 4 is 0 Å². The van der Waals surface area contributed by atoms with E-state index in [4.69, 9.17) is 14.2 Å². The fourth-order valence-electron chi connectivity index (χ4n) is 10.5. The maximum atomic E-state index is 5.84. The molecule has 2 saturated carbocycles. The highest BCUT2D eigenvalue weighted by molar-refractivity contribution is 5.51. The average molecular weight is 711 g/mol. The standard InChI is InChI=1S/C48H70O3.CH4/c1-12-34-26-44(27-35(13-2)32(34)5)48(45-28-36(14-3)33(6)40(29-45)30-49-9)22-20-43(21-23-48)47(7,8)42-18-16-38(17-19-42)39-24-37(15-4)46(51-11)41(25-39)31-50-10;/h24-29,38,42-43H,12-23,30-31H2,1-11H3;1H4. The van der Waals surface area contributed by atoms with Crippen LogP contribution in [0.2, 0.25) is 0 Å². The van der Waals surface area contributed by atoms with Gasteiger partial charge >= 0.3 is 0 Å². The highest BCUT2D eigenvalue weighted by Gasteiger charge is 2.46. The Labute approximate surface area is 319 Å². The number of methoxy groups -OCH3 is 3. The summed E-state index contributed by atoms with van der Waals surface area (Å²) in [6.07, 6.45) is 14.4. The minimum absolute atomic E-state index is 0. The fraction of sp³-hybridized carbons (Fsp3) is 0.633. The average Bonchev–Trinajstić information content (AvgIpc) is 3.15. The molecule has 0 unspecified atom stereocenters. The Kier molecular flexibility index (Phi) is 14.7. The summed E-state index contributed by atoms with van der Waals surface area (Å²) in [5.41, 5.74) is 16.3. The van der Waals surface area contributed by atoms with E-state index in [2.05, 4.69) is 91.8 Å². The Hall–Kier alpha value is -2.62. The van der Waals surface area contributed by atoms with Gasteiger partial charge in [0.2, 0.25) is 0 Å². The van der Waals surface area contributed by atoms with Gasteiger partial charge in [-0.3, -0.25) is 0 Å². The molecule has 0 amide bonds. The van der Waals surface area contributed by atoms with Gasteiger partial charge < -0.3 is 14.2 Å². The van der Waals surface area contributed by atoms with Gasteiger partial charge in [-0.25, -0.2) is 0 Å². The molecule has 52 heavy (non-hydrogen) atoms. The van der Waals surface area contributed by atoms with Gasteiger partial charge in [-0.15, -0.1) is 0 Å². The summed E-state index contributed by atoms with van der Waals surface area (Å²) in [7, 11) is 5.42. The third kappa shape index (κ3) is 8.22. The van der Waals surface area contributed by atoms with Crippen LogP contribution in [0, 0.1) is 31.1 Å². The van der Waals surface area contributed by atoms with Crippen LogP contribution >= 0.6 is 0 Å². The molecule has 5 rings (SSSR count). The van der Waals surface area contributed by atoms with E-state index in [0.29, 0.717) is 24.5 Å². The molecule has 3 heteroatoms. The van der Waals surface area contributed by atoms with Crippen molar-refractivity contribution in [3.05, 3.63) is 97.6 Å². The molecule has 0 saturated heterocycles. The molecule has 3 aromatic carbocycles. The monoisotopic (exact) mass is 711 g/mol. The van der Waals surface area contributed by atoms with Crippen molar-refractivity contribution in [2.24, 2.45) is 17.3 Å². The van der Waals surface area contributed by atoms with Crippen LogP contribution in [0.5, 0.6) is 5.75 Å². The van der Waals surface area contributed by atoms with Crippen molar-refractivity contribution in [3.63, 3.8) is 0 Å². The molecule has 3 aromatic rings. The van der Waals surface area contributed by atoms with E-state index < -0.39 is 0 Å². The van der Waals surface area contributed by atoms with Crippen LogP contribution < -0.4 is 4.74 Å². The lowest BCUT2D eigenvalue weighted by atomic mass is 9.54. The summed E-state index contributed by atoms with van der Waals surface area (Å²) in [6, 6.07) is 15.1. The lowest BCUT2D eigenvalue weighted by molar-refractivity contribution is 0.0434. The van der Waals surface area contributed by atoms with E-state index in [0.717, 1.165) is 43.3 Å². The van der Waals surface area contributed by atoms with Crippen LogP contribution in [0.1, 0.15) is 167 Å². The van der Waals surface area contributed by atoms with Gasteiger partial charge in [0.15, 0.2) is 0 Å². The van der Waals surface area contributed by atoms with Gasteiger partial charge in [-0.1, -0.05) is 79.3 Å². The molecule has 0 aromatic heterocycles. The van der Waals surface area contributed by atoms with E-state index in [-0.39, 0.29) is 12.8 Å². The zero-order valence-corrected chi connectivity index (χ0v) is 34.3. The number of hydrogen-bond donors (Lipinski definition) is 0. The number of benzene rings is 3. The second-order valence-corrected chi connectivity index (χ2v) is 16.7. The lowest BCUT2D eigenvalue weighted by Crippen LogP contribution is -2.41. The van der Waals surface area contributed by atoms with E-state index in [1.807, 2.05) is 7.11 Å². The van der Waals surface area contributed by atoms with E-state index >= 15 is 0 Å². The zero-order chi connectivity index (χ0) is 36.9. The summed E-state index contributed by atoms with van der Waals surface area (Å²) in [5, 5.41) is 0. The SMILES string of the molecule is C.CCc1cc(C2(c3cc(CC)c(C)c(COC)c3)CCC(C(C)(C)C3CCC(c4cc(CC)c(OC)c(COC)c4)CC3)CC2)cc(CC)c1C. The third-order valence-corrected chi connectivity index (χ3v) is 14.1. The minimum Gasteiger partial charge on any atom is -0.496 e. The molecule has 0 bridgehead atoms. The molecule has 2 fully saturated rings. The first-order chi connectivity index (χ1) is 24.5. The summed E-state index contributed by atoms with van der Waals surface area (Å²) in [4.78, 5) is 0. The Morgan fingerprint density at radius 2 is 1.00 bits per heavy atom. The number of aryl methyl sites for hydroxylation is 4. The number of hydrogen-bond acceptors (Lipinski definition) is 3. The molecular weight excluding hydrogens is 637 g/mol. The summed E-state index contributed by atoms with van der Waals surface area (Å²) >= 11 is 0. The maximum Gasteiger partial charge on any atom is 0.127 e. The second kappa shape index (κ2) is 18.1. The summed E-state index contributed by atoms with van der Waals surface area (Å²) < 4.78 is 17.2. The minimum atomic E-state index is 0. The highest BCUT2D eigenvalue weighted by Crippen LogP contribution is 2.56. The van der Waals surface area contributed by atoms with Crippen LogP contribution in [-0.2, 0) is 53.8 Å². The molecule has 0 spiro atoms. The fourth-order valence-corrected chi connectivity index (χ4v) is 10.5. The lowest BCUT2D eigenvalue weighted by Gasteiger charge is -2.50. The smallest absolute Gasteiger partial charge is 0.127 e. The molecule has 2 aliphatic rings. The van der Waals surface area contributed by atoms with Gasteiger partial charge in [0.05, 0.1) is 20.3 Å². The molecule has 3 nitrogen and oxygen atoms in total. The first-order valence-corrected chi connectivity index (χ1v) is 20.4. The maximum absolute atomic E-state index is 5.84. The van der Waals surface area contributed by atoms with Crippen molar-refractivity contribution in [3.8, 4) is 5.75 Å². The van der Waals surface area contributed by atoms with Crippen LogP contribution in [0.25, 0.3) is 0 Å². The molecule has 0 radical (unpaired) electrons. The molecule has 0 atom stereocenters. The highest BCUT2D eigenvalue weighted by atomic mass is 16.5. The molecule has 0 aliphatic heterocycles. The van der Waals surface area contributed by atoms with Crippen LogP contribution in [0.15, 0.2) is 36.4 Å². The van der Waals surface area contributed by atoms with E-state index in [9.17, 15) is 0 Å². The number of ether oxygens (including phenoxy) is 3. The van der Waals surface area contributed by atoms with Gasteiger partial charge in [0.25, 0.3) is 0 Å². The van der Waals surface area contributed by atoms with Crippen molar-refractivity contribution in [1.82, 2.24) is 0 Å². The quantitative estimate of drug-likeness (QED) is 0.167. The Balaban J connectivity index is 0.00000605. The largest absolute Gasteiger partial charge is 0.496 e. The Bertz CT molecular complexity index is 1590. The first-order valence-electron chi connectivity index (χ1n) is 20.4. The second-order valence-electron chi connectivity index (χ2n) is 16.7. The topological polar surface area (TPSA) is 27.7 Å². The summed E-state index contributed by atoms with van der Waals surface area (Å²) in [5.74, 6) is 3.15. The normalized spacial score (nSPS) is 22.2. The van der Waals surface area contributed by atoms with Gasteiger partial charge in [0, 0.05) is 25.2 Å². The molecule has 2 aliphatic carbocycles. The third-order valence-electron chi connectivity index (χ3n) is 14.1. The Morgan fingerprint density at radius 1 is 0.577 bits per heavy atom. The van der Waals surface area contributed by atoms with E-state index in [1.54, 1.807) is 19.8 Å². The predicted octanol–water partition coefficient (Wildman–Crippen LogP) is 13.0. The van der Waals surface area contributed by atoms with Gasteiger partial charge in [-0.05, 0) is 176 Å². The molecule has 0 N–H and O–H groups in total. The van der Waals surface area contributed by atoms with Gasteiger partial charge in [-0.2, -0.15) is 0 Å². The van der Waals surface area contributed by atoms with Crippen molar-refractivity contribution < 1.29 is 14.2 Å². The number of rotatable bonds is 14. The molecular formula is C49H74O3. The van der Waals surface area contributed by atoms with Crippen molar-refractivity contribution in [1.29, 1.82) is 0 Å². The molecule has 288 valence electrons. The predicted molar refractivity (Wildman–Crippen MR) is 222 cm³/mol.